The predicted octanol–water partition coefficient (Wildman–Crippen LogP) is -1.98. The second-order valence-electron chi connectivity index (χ2n) is 1.90. The van der Waals surface area contributed by atoms with Crippen LogP contribution in [0, 0.1) is 0 Å². The van der Waals surface area contributed by atoms with Crippen molar-refractivity contribution in [3.8, 4) is 0 Å². The number of nitrogens with two attached hydrogens (primary N) is 2. The molecule has 6 heteroatoms. The van der Waals surface area contributed by atoms with Gasteiger partial charge in [0.25, 0.3) is 0 Å². The van der Waals surface area contributed by atoms with E-state index < -0.39 is 18.4 Å². The van der Waals surface area contributed by atoms with Gasteiger partial charge in [0.05, 0.1) is 0 Å². The van der Waals surface area contributed by atoms with Crippen LogP contribution in [0.15, 0.2) is 0 Å². The number of hydrogen-bond acceptors (Lipinski definition) is 5. The van der Waals surface area contributed by atoms with Crippen LogP contribution >= 0.6 is 0 Å². The molecule has 7 N–H and O–H groups in total. The molecule has 0 bridgehead atoms. The van der Waals surface area contributed by atoms with Crippen molar-refractivity contribution < 1.29 is 20.1 Å². The van der Waals surface area contributed by atoms with Crippen LogP contribution in [-0.2, 0) is 4.79 Å². The fourth-order valence-electron chi connectivity index (χ4n) is 0. The molecule has 0 atom stereocenters. The highest BCUT2D eigenvalue weighted by atomic mass is 16.4. The Hall–Kier alpha value is -0.690. The van der Waals surface area contributed by atoms with Crippen LogP contribution in [-0.4, -0.2) is 33.7 Å². The molecule has 0 amide bonds. The van der Waals surface area contributed by atoms with Gasteiger partial charge in [-0.05, 0) is 0 Å². The monoisotopic (exact) mass is 166 g/mol. The molecule has 0 fully saturated rings. The summed E-state index contributed by atoms with van der Waals surface area (Å²) in [6.07, 6.45) is 0.382. The van der Waals surface area contributed by atoms with E-state index in [1.54, 1.807) is 6.92 Å². The molecule has 0 aromatic rings. The Morgan fingerprint density at radius 3 is 1.73 bits per heavy atom. The van der Waals surface area contributed by atoms with Crippen molar-refractivity contribution in [2.24, 2.45) is 11.5 Å². The molecule has 0 aromatic carbocycles. The summed E-state index contributed by atoms with van der Waals surface area (Å²) in [5.74, 6) is -2.65. The van der Waals surface area contributed by atoms with Crippen LogP contribution in [0.2, 0.25) is 0 Å². The van der Waals surface area contributed by atoms with Crippen molar-refractivity contribution in [1.29, 1.82) is 0 Å². The summed E-state index contributed by atoms with van der Waals surface area (Å²) in [4.78, 5) is 9.12. The molecule has 6 nitrogen and oxygen atoms in total. The van der Waals surface area contributed by atoms with Crippen LogP contribution in [0.5, 0.6) is 0 Å². The van der Waals surface area contributed by atoms with E-state index in [0.29, 0.717) is 6.42 Å². The van der Waals surface area contributed by atoms with Gasteiger partial charge in [0, 0.05) is 6.42 Å². The molecule has 11 heavy (non-hydrogen) atoms. The third-order valence-electron chi connectivity index (χ3n) is 0.702. The highest BCUT2D eigenvalue weighted by Crippen LogP contribution is 1.85. The summed E-state index contributed by atoms with van der Waals surface area (Å²) in [6.45, 7) is 0.931. The van der Waals surface area contributed by atoms with E-state index in [1.165, 1.54) is 0 Å². The Labute approximate surface area is 64.4 Å². The summed E-state index contributed by atoms with van der Waals surface area (Å²) in [7, 11) is 0. The first kappa shape index (κ1) is 12.9. The van der Waals surface area contributed by atoms with E-state index in [2.05, 4.69) is 0 Å². The SMILES string of the molecule is CCC(N)(N)O.O=C(O)CO. The zero-order chi connectivity index (χ0) is 9.49. The fourth-order valence-corrected chi connectivity index (χ4v) is 0. The fraction of sp³-hybridized carbons (Fsp3) is 0.800. The molecule has 0 aliphatic rings. The minimum atomic E-state index is -1.46. The molecule has 0 saturated carbocycles. The standard InChI is InChI=1S/C3H10N2O.C2H4O3/c1-2-3(4,5)6;3-1-2(4)5/h6H,2,4-5H2,1H3;3H,1H2,(H,4,5). The molecule has 0 rings (SSSR count). The van der Waals surface area contributed by atoms with Crippen LogP contribution in [0.4, 0.5) is 0 Å². The normalized spacial score (nSPS) is 9.91. The number of hydrogen-bond donors (Lipinski definition) is 5. The van der Waals surface area contributed by atoms with Crippen LogP contribution in [0.25, 0.3) is 0 Å². The number of carboxylic acids is 1. The van der Waals surface area contributed by atoms with Crippen LogP contribution in [0.3, 0.4) is 0 Å². The smallest absolute Gasteiger partial charge is 0.329 e. The van der Waals surface area contributed by atoms with Crippen molar-refractivity contribution in [2.45, 2.75) is 19.2 Å². The summed E-state index contributed by atoms with van der Waals surface area (Å²) in [5, 5.41) is 23.4. The van der Waals surface area contributed by atoms with E-state index in [4.69, 9.17) is 31.6 Å². The first-order valence-electron chi connectivity index (χ1n) is 2.96. The Bertz CT molecular complexity index is 110. The maximum atomic E-state index is 9.12. The molecule has 0 aromatic heterocycles. The number of carbonyl (C=O) groups is 1. The van der Waals surface area contributed by atoms with Crippen molar-refractivity contribution in [2.75, 3.05) is 6.61 Å². The summed E-state index contributed by atoms with van der Waals surface area (Å²) >= 11 is 0. The van der Waals surface area contributed by atoms with E-state index in [1.807, 2.05) is 0 Å². The van der Waals surface area contributed by atoms with E-state index >= 15 is 0 Å². The number of aliphatic carboxylic acids is 1. The Kier molecular flexibility index (Phi) is 7.12. The number of aliphatic hydroxyl groups excluding tert-OH is 1. The van der Waals surface area contributed by atoms with Gasteiger partial charge in [-0.15, -0.1) is 0 Å². The topological polar surface area (TPSA) is 130 Å². The van der Waals surface area contributed by atoms with E-state index in [9.17, 15) is 0 Å². The van der Waals surface area contributed by atoms with Crippen molar-refractivity contribution in [1.82, 2.24) is 0 Å². The molecule has 0 spiro atoms. The van der Waals surface area contributed by atoms with Gasteiger partial charge in [-0.3, -0.25) is 11.5 Å². The molecule has 68 valence electrons. The van der Waals surface area contributed by atoms with Crippen LogP contribution in [0.1, 0.15) is 13.3 Å². The predicted molar refractivity (Wildman–Crippen MR) is 38.3 cm³/mol. The number of carboxylic acid groups (broad SMARTS) is 1. The largest absolute Gasteiger partial charge is 0.480 e. The molecular weight excluding hydrogens is 152 g/mol. The highest BCUT2D eigenvalue weighted by molar-refractivity contribution is 5.67. The maximum absolute atomic E-state index is 9.12. The molecular formula is C5H14N2O4. The number of aliphatic hydroxyl groups is 2. The molecule has 0 aliphatic carbocycles. The average molecular weight is 166 g/mol. The summed E-state index contributed by atoms with van der Waals surface area (Å²) in [6, 6.07) is 0. The minimum absolute atomic E-state index is 0.382. The molecule has 0 aliphatic heterocycles. The lowest BCUT2D eigenvalue weighted by Crippen LogP contribution is -2.48. The van der Waals surface area contributed by atoms with Gasteiger partial charge < -0.3 is 15.3 Å². The minimum Gasteiger partial charge on any atom is -0.480 e. The molecule has 0 saturated heterocycles. The van der Waals surface area contributed by atoms with E-state index in [-0.39, 0.29) is 0 Å². The Morgan fingerprint density at radius 2 is 1.73 bits per heavy atom. The molecule has 0 heterocycles. The zero-order valence-electron chi connectivity index (χ0n) is 6.32. The second kappa shape index (κ2) is 6.05. The summed E-state index contributed by atoms with van der Waals surface area (Å²) < 4.78 is 0. The maximum Gasteiger partial charge on any atom is 0.329 e. The van der Waals surface area contributed by atoms with Gasteiger partial charge in [-0.1, -0.05) is 6.92 Å². The van der Waals surface area contributed by atoms with Gasteiger partial charge in [-0.2, -0.15) is 0 Å². The lowest BCUT2D eigenvalue weighted by atomic mass is 10.3. The summed E-state index contributed by atoms with van der Waals surface area (Å²) in [5.41, 5.74) is 9.74. The molecule has 0 unspecified atom stereocenters. The van der Waals surface area contributed by atoms with Gasteiger partial charge in [0.2, 0.25) is 0 Å². The zero-order valence-corrected chi connectivity index (χ0v) is 6.32. The quantitative estimate of drug-likeness (QED) is 0.302. The lowest BCUT2D eigenvalue weighted by molar-refractivity contribution is -0.140. The van der Waals surface area contributed by atoms with Crippen molar-refractivity contribution >= 4 is 5.97 Å². The van der Waals surface area contributed by atoms with Crippen molar-refractivity contribution in [3.05, 3.63) is 0 Å². The third-order valence-corrected chi connectivity index (χ3v) is 0.702. The van der Waals surface area contributed by atoms with Gasteiger partial charge in [0.15, 0.2) is 5.85 Å². The molecule has 0 radical (unpaired) electrons. The first-order valence-corrected chi connectivity index (χ1v) is 2.96. The van der Waals surface area contributed by atoms with Gasteiger partial charge in [-0.25, -0.2) is 4.79 Å². The van der Waals surface area contributed by atoms with Crippen molar-refractivity contribution in [3.63, 3.8) is 0 Å². The van der Waals surface area contributed by atoms with Gasteiger partial charge >= 0.3 is 5.97 Å². The Balaban J connectivity index is 0. The number of rotatable bonds is 2. The van der Waals surface area contributed by atoms with Gasteiger partial charge in [0.1, 0.15) is 6.61 Å². The van der Waals surface area contributed by atoms with Crippen LogP contribution < -0.4 is 11.5 Å². The van der Waals surface area contributed by atoms with E-state index in [0.717, 1.165) is 0 Å². The lowest BCUT2D eigenvalue weighted by Gasteiger charge is -2.11. The third kappa shape index (κ3) is 26.8. The average Bonchev–Trinajstić information content (AvgIpc) is 1.88. The second-order valence-corrected chi connectivity index (χ2v) is 1.90. The Morgan fingerprint density at radius 1 is 1.55 bits per heavy atom. The first-order chi connectivity index (χ1) is 4.83. The highest BCUT2D eigenvalue weighted by Gasteiger charge is 2.06.